The molecule has 2 heterocycles. The van der Waals surface area contributed by atoms with Gasteiger partial charge in [0, 0.05) is 23.2 Å². The molecule has 1 aromatic carbocycles. The standard InChI is InChI=1S/C13H12N2S/c14-9-12-13(15-7-3-4-8-15)10-5-1-2-6-11(10)16-12/h1-2,5-6H,3-4,7-8H2. The van der Waals surface area contributed by atoms with Gasteiger partial charge in [-0.1, -0.05) is 18.2 Å². The first kappa shape index (κ1) is 9.68. The van der Waals surface area contributed by atoms with E-state index in [1.165, 1.54) is 28.6 Å². The first-order valence-electron chi connectivity index (χ1n) is 5.57. The highest BCUT2D eigenvalue weighted by Crippen LogP contribution is 2.38. The molecule has 0 bridgehead atoms. The Balaban J connectivity index is 2.23. The molecule has 16 heavy (non-hydrogen) atoms. The van der Waals surface area contributed by atoms with Crippen LogP contribution in [0.1, 0.15) is 17.7 Å². The number of anilines is 1. The third-order valence-corrected chi connectivity index (χ3v) is 4.16. The van der Waals surface area contributed by atoms with Crippen molar-refractivity contribution in [3.05, 3.63) is 29.1 Å². The van der Waals surface area contributed by atoms with Crippen LogP contribution in [0.2, 0.25) is 0 Å². The highest BCUT2D eigenvalue weighted by molar-refractivity contribution is 7.20. The predicted molar refractivity (Wildman–Crippen MR) is 68.0 cm³/mol. The number of fused-ring (bicyclic) bond motifs is 1. The Kier molecular flexibility index (Phi) is 2.30. The molecule has 0 N–H and O–H groups in total. The molecule has 3 rings (SSSR count). The Labute approximate surface area is 98.7 Å². The Morgan fingerprint density at radius 1 is 1.19 bits per heavy atom. The van der Waals surface area contributed by atoms with E-state index in [-0.39, 0.29) is 0 Å². The molecule has 1 fully saturated rings. The molecular formula is C13H12N2S. The molecule has 80 valence electrons. The Hall–Kier alpha value is -1.53. The van der Waals surface area contributed by atoms with Gasteiger partial charge in [0.15, 0.2) is 0 Å². The molecule has 1 aliphatic heterocycles. The number of rotatable bonds is 1. The van der Waals surface area contributed by atoms with Crippen LogP contribution in [0.3, 0.4) is 0 Å². The maximum absolute atomic E-state index is 9.21. The van der Waals surface area contributed by atoms with Crippen LogP contribution in [-0.2, 0) is 0 Å². The summed E-state index contributed by atoms with van der Waals surface area (Å²) < 4.78 is 1.22. The van der Waals surface area contributed by atoms with Crippen LogP contribution >= 0.6 is 11.3 Å². The summed E-state index contributed by atoms with van der Waals surface area (Å²) in [5.41, 5.74) is 1.17. The summed E-state index contributed by atoms with van der Waals surface area (Å²) in [4.78, 5) is 3.22. The van der Waals surface area contributed by atoms with Crippen molar-refractivity contribution in [1.29, 1.82) is 5.26 Å². The summed E-state index contributed by atoms with van der Waals surface area (Å²) in [6.45, 7) is 2.19. The number of thiophene rings is 1. The van der Waals surface area contributed by atoms with E-state index in [1.807, 2.05) is 6.07 Å². The maximum atomic E-state index is 9.21. The molecule has 0 aliphatic carbocycles. The SMILES string of the molecule is N#Cc1sc2ccccc2c1N1CCCC1. The molecule has 1 aliphatic rings. The van der Waals surface area contributed by atoms with E-state index in [0.717, 1.165) is 18.0 Å². The summed E-state index contributed by atoms with van der Waals surface area (Å²) in [5, 5.41) is 10.5. The lowest BCUT2D eigenvalue weighted by molar-refractivity contribution is 0.949. The lowest BCUT2D eigenvalue weighted by Gasteiger charge is -2.16. The molecule has 0 amide bonds. The summed E-state index contributed by atoms with van der Waals surface area (Å²) in [5.74, 6) is 0. The third kappa shape index (κ3) is 1.38. The van der Waals surface area contributed by atoms with Gasteiger partial charge in [0.1, 0.15) is 10.9 Å². The molecule has 1 saturated heterocycles. The van der Waals surface area contributed by atoms with Crippen molar-refractivity contribution in [3.8, 4) is 6.07 Å². The van der Waals surface area contributed by atoms with Crippen LogP contribution in [-0.4, -0.2) is 13.1 Å². The summed E-state index contributed by atoms with van der Waals surface area (Å²) in [6.07, 6.45) is 2.49. The van der Waals surface area contributed by atoms with Gasteiger partial charge in [0.05, 0.1) is 5.69 Å². The lowest BCUT2D eigenvalue weighted by Crippen LogP contribution is -2.17. The fourth-order valence-electron chi connectivity index (χ4n) is 2.36. The van der Waals surface area contributed by atoms with Gasteiger partial charge in [-0.2, -0.15) is 5.26 Å². The van der Waals surface area contributed by atoms with E-state index in [0.29, 0.717) is 0 Å². The molecule has 0 radical (unpaired) electrons. The zero-order chi connectivity index (χ0) is 11.0. The highest BCUT2D eigenvalue weighted by atomic mass is 32.1. The smallest absolute Gasteiger partial charge is 0.129 e. The van der Waals surface area contributed by atoms with E-state index in [2.05, 4.69) is 29.2 Å². The number of benzene rings is 1. The molecule has 0 atom stereocenters. The van der Waals surface area contributed by atoms with Gasteiger partial charge in [-0.3, -0.25) is 0 Å². The molecule has 3 heteroatoms. The van der Waals surface area contributed by atoms with E-state index in [1.54, 1.807) is 11.3 Å². The summed E-state index contributed by atoms with van der Waals surface area (Å²) in [6, 6.07) is 10.6. The molecule has 0 unspecified atom stereocenters. The quantitative estimate of drug-likeness (QED) is 0.748. The highest BCUT2D eigenvalue weighted by Gasteiger charge is 2.20. The Morgan fingerprint density at radius 3 is 2.69 bits per heavy atom. The van der Waals surface area contributed by atoms with Gasteiger partial charge in [-0.05, 0) is 18.9 Å². The Bertz CT molecular complexity index is 559. The first-order chi connectivity index (χ1) is 7.90. The van der Waals surface area contributed by atoms with Crippen LogP contribution in [0.5, 0.6) is 0 Å². The van der Waals surface area contributed by atoms with Gasteiger partial charge < -0.3 is 4.90 Å². The predicted octanol–water partition coefficient (Wildman–Crippen LogP) is 3.37. The average Bonchev–Trinajstić information content (AvgIpc) is 2.94. The fraction of sp³-hybridized carbons (Fsp3) is 0.308. The van der Waals surface area contributed by atoms with Crippen LogP contribution < -0.4 is 4.90 Å². The minimum Gasteiger partial charge on any atom is -0.369 e. The van der Waals surface area contributed by atoms with Crippen molar-refractivity contribution in [3.63, 3.8) is 0 Å². The first-order valence-corrected chi connectivity index (χ1v) is 6.38. The van der Waals surface area contributed by atoms with Crippen LogP contribution in [0.15, 0.2) is 24.3 Å². The van der Waals surface area contributed by atoms with Gasteiger partial charge in [-0.25, -0.2) is 0 Å². The number of nitrogens with zero attached hydrogens (tertiary/aromatic N) is 2. The summed E-state index contributed by atoms with van der Waals surface area (Å²) in [7, 11) is 0. The fourth-order valence-corrected chi connectivity index (χ4v) is 3.38. The average molecular weight is 228 g/mol. The largest absolute Gasteiger partial charge is 0.369 e. The molecular weight excluding hydrogens is 216 g/mol. The second kappa shape index (κ2) is 3.80. The zero-order valence-corrected chi connectivity index (χ0v) is 9.76. The van der Waals surface area contributed by atoms with Crippen molar-refractivity contribution in [2.45, 2.75) is 12.8 Å². The van der Waals surface area contributed by atoms with E-state index < -0.39 is 0 Å². The van der Waals surface area contributed by atoms with Crippen LogP contribution in [0.25, 0.3) is 10.1 Å². The molecule has 0 spiro atoms. The van der Waals surface area contributed by atoms with E-state index in [9.17, 15) is 5.26 Å². The van der Waals surface area contributed by atoms with Crippen molar-refractivity contribution < 1.29 is 0 Å². The Morgan fingerprint density at radius 2 is 1.94 bits per heavy atom. The molecule has 2 aromatic rings. The number of hydrogen-bond acceptors (Lipinski definition) is 3. The normalized spacial score (nSPS) is 15.6. The molecule has 0 saturated carbocycles. The van der Waals surface area contributed by atoms with Crippen LogP contribution in [0.4, 0.5) is 5.69 Å². The van der Waals surface area contributed by atoms with Crippen molar-refractivity contribution >= 4 is 27.1 Å². The summed E-state index contributed by atoms with van der Waals surface area (Å²) >= 11 is 1.61. The van der Waals surface area contributed by atoms with Crippen molar-refractivity contribution in [2.24, 2.45) is 0 Å². The molecule has 1 aromatic heterocycles. The minimum atomic E-state index is 0.864. The van der Waals surface area contributed by atoms with E-state index in [4.69, 9.17) is 0 Å². The van der Waals surface area contributed by atoms with Crippen molar-refractivity contribution in [1.82, 2.24) is 0 Å². The maximum Gasteiger partial charge on any atom is 0.129 e. The zero-order valence-electron chi connectivity index (χ0n) is 8.94. The van der Waals surface area contributed by atoms with Crippen molar-refractivity contribution in [2.75, 3.05) is 18.0 Å². The topological polar surface area (TPSA) is 27.0 Å². The van der Waals surface area contributed by atoms with Gasteiger partial charge >= 0.3 is 0 Å². The monoisotopic (exact) mass is 228 g/mol. The van der Waals surface area contributed by atoms with Gasteiger partial charge in [0.2, 0.25) is 0 Å². The molecule has 2 nitrogen and oxygen atoms in total. The van der Waals surface area contributed by atoms with Gasteiger partial charge in [0.25, 0.3) is 0 Å². The van der Waals surface area contributed by atoms with E-state index >= 15 is 0 Å². The number of hydrogen-bond donors (Lipinski definition) is 0. The number of nitriles is 1. The minimum absolute atomic E-state index is 0.864. The second-order valence-electron chi connectivity index (χ2n) is 4.08. The lowest BCUT2D eigenvalue weighted by atomic mass is 10.2. The third-order valence-electron chi connectivity index (χ3n) is 3.09. The second-order valence-corrected chi connectivity index (χ2v) is 5.13. The van der Waals surface area contributed by atoms with Crippen LogP contribution in [0, 0.1) is 11.3 Å². The van der Waals surface area contributed by atoms with Gasteiger partial charge in [-0.15, -0.1) is 11.3 Å².